The van der Waals surface area contributed by atoms with Gasteiger partial charge in [0.15, 0.2) is 11.5 Å². The number of nitrogens with one attached hydrogen (secondary N) is 1. The molecule has 7 nitrogen and oxygen atoms in total. The molecule has 0 bridgehead atoms. The van der Waals surface area contributed by atoms with Crippen LogP contribution in [0.3, 0.4) is 0 Å². The zero-order chi connectivity index (χ0) is 17.1. The third-order valence-corrected chi connectivity index (χ3v) is 4.40. The van der Waals surface area contributed by atoms with E-state index in [1.165, 1.54) is 0 Å². The summed E-state index contributed by atoms with van der Waals surface area (Å²) in [5.41, 5.74) is 7.89. The van der Waals surface area contributed by atoms with E-state index in [-0.39, 0.29) is 5.95 Å². The highest BCUT2D eigenvalue weighted by molar-refractivity contribution is 5.46. The second-order valence-corrected chi connectivity index (χ2v) is 6.28. The molecule has 2 aliphatic rings. The molecule has 1 fully saturated rings. The van der Waals surface area contributed by atoms with Crippen molar-refractivity contribution in [3.05, 3.63) is 35.5 Å². The summed E-state index contributed by atoms with van der Waals surface area (Å²) in [5, 5.41) is 3.32. The van der Waals surface area contributed by atoms with Crippen LogP contribution in [-0.2, 0) is 11.3 Å². The Morgan fingerprint density at radius 1 is 1.08 bits per heavy atom. The molecule has 132 valence electrons. The second kappa shape index (κ2) is 7.14. The lowest BCUT2D eigenvalue weighted by Crippen LogP contribution is -2.09. The van der Waals surface area contributed by atoms with Gasteiger partial charge in [-0.05, 0) is 24.1 Å². The van der Waals surface area contributed by atoms with Crippen molar-refractivity contribution in [1.29, 1.82) is 0 Å². The van der Waals surface area contributed by atoms with Crippen LogP contribution in [0, 0.1) is 0 Å². The minimum absolute atomic E-state index is 0.283. The molecule has 1 atom stereocenters. The monoisotopic (exact) mass is 342 g/mol. The van der Waals surface area contributed by atoms with Gasteiger partial charge in [0, 0.05) is 31.6 Å². The van der Waals surface area contributed by atoms with Crippen molar-refractivity contribution in [3.63, 3.8) is 0 Å². The van der Waals surface area contributed by atoms with E-state index >= 15 is 0 Å². The summed E-state index contributed by atoms with van der Waals surface area (Å²) >= 11 is 0. The highest BCUT2D eigenvalue weighted by Crippen LogP contribution is 2.31. The summed E-state index contributed by atoms with van der Waals surface area (Å²) in [6.07, 6.45) is 1.87. The second-order valence-electron chi connectivity index (χ2n) is 6.28. The fraction of sp³-hybridized carbons (Fsp3) is 0.444. The summed E-state index contributed by atoms with van der Waals surface area (Å²) in [7, 11) is 0. The third-order valence-electron chi connectivity index (χ3n) is 4.40. The topological polar surface area (TPSA) is 91.5 Å². The van der Waals surface area contributed by atoms with Crippen LogP contribution in [0.4, 0.5) is 11.8 Å². The average Bonchev–Trinajstić information content (AvgIpc) is 3.05. The number of ether oxygens (including phenoxy) is 3. The Morgan fingerprint density at radius 2 is 1.96 bits per heavy atom. The number of hydrogen-bond donors (Lipinski definition) is 2. The number of rotatable bonds is 4. The van der Waals surface area contributed by atoms with Crippen LogP contribution in [0.25, 0.3) is 0 Å². The number of hydrogen-bond acceptors (Lipinski definition) is 7. The lowest BCUT2D eigenvalue weighted by atomic mass is 10.0. The zero-order valence-corrected chi connectivity index (χ0v) is 14.0. The molecule has 0 spiro atoms. The number of nitrogen functional groups attached to an aromatic ring is 1. The molecule has 25 heavy (non-hydrogen) atoms. The Morgan fingerprint density at radius 3 is 2.80 bits per heavy atom. The van der Waals surface area contributed by atoms with Crippen molar-refractivity contribution in [2.75, 3.05) is 37.5 Å². The number of nitrogens with two attached hydrogens (primary N) is 1. The molecule has 1 aromatic heterocycles. The van der Waals surface area contributed by atoms with Gasteiger partial charge < -0.3 is 25.3 Å². The number of benzene rings is 1. The van der Waals surface area contributed by atoms with Gasteiger partial charge in [0.2, 0.25) is 5.95 Å². The van der Waals surface area contributed by atoms with Crippen LogP contribution in [0.1, 0.15) is 30.0 Å². The molecule has 2 aromatic rings. The first-order chi connectivity index (χ1) is 12.3. The molecule has 7 heteroatoms. The number of nitrogens with zero attached hydrogens (tertiary/aromatic N) is 2. The normalized spacial score (nSPS) is 19.4. The molecule has 1 saturated heterocycles. The molecular formula is C18H22N4O3. The summed E-state index contributed by atoms with van der Waals surface area (Å²) in [6, 6.07) is 7.94. The van der Waals surface area contributed by atoms with Gasteiger partial charge in [-0.15, -0.1) is 0 Å². The minimum atomic E-state index is 0.283. The molecule has 3 N–H and O–H groups in total. The van der Waals surface area contributed by atoms with E-state index < -0.39 is 0 Å². The quantitative estimate of drug-likeness (QED) is 0.881. The van der Waals surface area contributed by atoms with Crippen LogP contribution >= 0.6 is 0 Å². The summed E-state index contributed by atoms with van der Waals surface area (Å²) in [4.78, 5) is 8.63. The average molecular weight is 342 g/mol. The molecule has 0 radical (unpaired) electrons. The number of aromatic nitrogens is 2. The van der Waals surface area contributed by atoms with Gasteiger partial charge in [-0.1, -0.05) is 6.07 Å². The SMILES string of the molecule is Nc1nc(NCc2ccc3c(c2)OCCCO3)cc(C2CCOC2)n1. The van der Waals surface area contributed by atoms with E-state index in [1.54, 1.807) is 0 Å². The van der Waals surface area contributed by atoms with E-state index in [0.29, 0.717) is 32.3 Å². The fourth-order valence-corrected chi connectivity index (χ4v) is 3.06. The van der Waals surface area contributed by atoms with Crippen LogP contribution < -0.4 is 20.5 Å². The Balaban J connectivity index is 1.47. The highest BCUT2D eigenvalue weighted by Gasteiger charge is 2.20. The number of anilines is 2. The molecule has 1 unspecified atom stereocenters. The van der Waals surface area contributed by atoms with Crippen LogP contribution in [0.5, 0.6) is 11.5 Å². The fourth-order valence-electron chi connectivity index (χ4n) is 3.06. The van der Waals surface area contributed by atoms with E-state index in [0.717, 1.165) is 48.0 Å². The highest BCUT2D eigenvalue weighted by atomic mass is 16.5. The van der Waals surface area contributed by atoms with E-state index in [2.05, 4.69) is 15.3 Å². The first-order valence-electron chi connectivity index (χ1n) is 8.62. The van der Waals surface area contributed by atoms with Crippen LogP contribution in [0.2, 0.25) is 0 Å². The van der Waals surface area contributed by atoms with Crippen LogP contribution in [-0.4, -0.2) is 36.4 Å². The third kappa shape index (κ3) is 3.76. The van der Waals surface area contributed by atoms with Crippen molar-refractivity contribution in [1.82, 2.24) is 9.97 Å². The maximum atomic E-state index is 5.86. The van der Waals surface area contributed by atoms with Crippen LogP contribution in [0.15, 0.2) is 24.3 Å². The van der Waals surface area contributed by atoms with Gasteiger partial charge in [0.1, 0.15) is 5.82 Å². The standard InChI is InChI=1S/C18H22N4O3/c19-18-21-14(13-4-7-23-11-13)9-17(22-18)20-10-12-2-3-15-16(8-12)25-6-1-5-24-15/h2-3,8-9,13H,1,4-7,10-11H2,(H3,19,20,21,22). The molecule has 3 heterocycles. The first kappa shape index (κ1) is 16.0. The minimum Gasteiger partial charge on any atom is -0.490 e. The van der Waals surface area contributed by atoms with Crippen molar-refractivity contribution in [3.8, 4) is 11.5 Å². The van der Waals surface area contributed by atoms with Crippen molar-refractivity contribution >= 4 is 11.8 Å². The van der Waals surface area contributed by atoms with E-state index in [1.807, 2.05) is 24.3 Å². The molecule has 2 aliphatic heterocycles. The largest absolute Gasteiger partial charge is 0.490 e. The maximum Gasteiger partial charge on any atom is 0.222 e. The zero-order valence-electron chi connectivity index (χ0n) is 14.0. The Kier molecular flexibility index (Phi) is 4.56. The summed E-state index contributed by atoms with van der Waals surface area (Å²) in [5.74, 6) is 2.90. The van der Waals surface area contributed by atoms with E-state index in [9.17, 15) is 0 Å². The Labute approximate surface area is 146 Å². The van der Waals surface area contributed by atoms with Gasteiger partial charge in [-0.25, -0.2) is 4.98 Å². The molecule has 0 amide bonds. The van der Waals surface area contributed by atoms with E-state index in [4.69, 9.17) is 19.9 Å². The lowest BCUT2D eigenvalue weighted by Gasteiger charge is -2.12. The predicted molar refractivity (Wildman–Crippen MR) is 94.0 cm³/mol. The van der Waals surface area contributed by atoms with Gasteiger partial charge >= 0.3 is 0 Å². The lowest BCUT2D eigenvalue weighted by molar-refractivity contribution is 0.193. The van der Waals surface area contributed by atoms with Gasteiger partial charge in [0.05, 0.1) is 25.5 Å². The number of fused-ring (bicyclic) bond motifs is 1. The van der Waals surface area contributed by atoms with Crippen molar-refractivity contribution in [2.45, 2.75) is 25.3 Å². The Hall–Kier alpha value is -2.54. The van der Waals surface area contributed by atoms with Crippen molar-refractivity contribution < 1.29 is 14.2 Å². The van der Waals surface area contributed by atoms with Gasteiger partial charge in [0.25, 0.3) is 0 Å². The first-order valence-corrected chi connectivity index (χ1v) is 8.62. The van der Waals surface area contributed by atoms with Crippen molar-refractivity contribution in [2.24, 2.45) is 0 Å². The predicted octanol–water partition coefficient (Wildman–Crippen LogP) is 2.34. The summed E-state index contributed by atoms with van der Waals surface area (Å²) in [6.45, 7) is 3.46. The maximum absolute atomic E-state index is 5.86. The molecular weight excluding hydrogens is 320 g/mol. The van der Waals surface area contributed by atoms with Gasteiger partial charge in [-0.2, -0.15) is 4.98 Å². The smallest absolute Gasteiger partial charge is 0.222 e. The molecule has 0 aliphatic carbocycles. The molecule has 0 saturated carbocycles. The molecule has 4 rings (SSSR count). The Bertz CT molecular complexity index is 747. The van der Waals surface area contributed by atoms with Gasteiger partial charge in [-0.3, -0.25) is 0 Å². The molecule has 1 aromatic carbocycles. The summed E-state index contributed by atoms with van der Waals surface area (Å²) < 4.78 is 16.8.